The number of carboxylic acids is 1. The van der Waals surface area contributed by atoms with Crippen LogP contribution in [-0.4, -0.2) is 38.2 Å². The third-order valence-corrected chi connectivity index (χ3v) is 2.60. The van der Waals surface area contributed by atoms with E-state index < -0.39 is 17.9 Å². The number of nitrogens with zero attached hydrogens (tertiary/aromatic N) is 2. The number of aromatic nitrogens is 3. The second-order valence-electron chi connectivity index (χ2n) is 4.10. The number of amides is 1. The number of carbonyl (C=O) groups excluding carboxylic acids is 1. The maximum absolute atomic E-state index is 11.8. The van der Waals surface area contributed by atoms with Crippen molar-refractivity contribution in [2.45, 2.75) is 12.5 Å². The second-order valence-corrected chi connectivity index (χ2v) is 4.10. The van der Waals surface area contributed by atoms with Crippen LogP contribution in [0.4, 0.5) is 5.95 Å². The number of H-pyrrole nitrogens is 1. The van der Waals surface area contributed by atoms with Gasteiger partial charge in [-0.25, -0.2) is 4.79 Å². The Hall–Kier alpha value is -2.90. The molecule has 5 N–H and O–H groups in total. The Bertz CT molecular complexity index is 611. The molecule has 0 bridgehead atoms. The van der Waals surface area contributed by atoms with Crippen molar-refractivity contribution in [3.8, 4) is 0 Å². The Kier molecular flexibility index (Phi) is 3.94. The molecule has 2 rings (SSSR count). The molecule has 0 unspecified atom stereocenters. The zero-order valence-corrected chi connectivity index (χ0v) is 10.4. The summed E-state index contributed by atoms with van der Waals surface area (Å²) >= 11 is 0. The van der Waals surface area contributed by atoms with E-state index in [1.807, 2.05) is 6.07 Å². The number of carbonyl (C=O) groups is 2. The van der Waals surface area contributed by atoms with Gasteiger partial charge in [0, 0.05) is 6.42 Å². The first-order chi connectivity index (χ1) is 9.56. The van der Waals surface area contributed by atoms with Gasteiger partial charge in [-0.1, -0.05) is 30.3 Å². The Morgan fingerprint density at radius 1 is 1.35 bits per heavy atom. The molecule has 0 spiro atoms. The topological polar surface area (TPSA) is 134 Å². The number of nitrogens with one attached hydrogen (secondary N) is 2. The Labute approximate surface area is 114 Å². The molecule has 1 aromatic carbocycles. The van der Waals surface area contributed by atoms with Crippen LogP contribution < -0.4 is 11.1 Å². The minimum Gasteiger partial charge on any atom is -0.480 e. The van der Waals surface area contributed by atoms with Gasteiger partial charge < -0.3 is 16.2 Å². The third-order valence-electron chi connectivity index (χ3n) is 2.60. The van der Waals surface area contributed by atoms with Gasteiger partial charge in [0.2, 0.25) is 11.8 Å². The molecule has 20 heavy (non-hydrogen) atoms. The van der Waals surface area contributed by atoms with Crippen molar-refractivity contribution in [2.24, 2.45) is 0 Å². The first-order valence-electron chi connectivity index (χ1n) is 5.81. The lowest BCUT2D eigenvalue weighted by molar-refractivity contribution is -0.139. The van der Waals surface area contributed by atoms with Crippen LogP contribution in [-0.2, 0) is 11.2 Å². The predicted octanol–water partition coefficient (Wildman–Crippen LogP) is -0.187. The number of aliphatic carboxylic acids is 1. The lowest BCUT2D eigenvalue weighted by Crippen LogP contribution is -2.42. The van der Waals surface area contributed by atoms with Crippen LogP contribution in [0.1, 0.15) is 16.2 Å². The molecule has 0 aliphatic heterocycles. The van der Waals surface area contributed by atoms with Gasteiger partial charge in [0.25, 0.3) is 5.91 Å². The number of carboxylic acid groups (broad SMARTS) is 1. The molecule has 1 heterocycles. The van der Waals surface area contributed by atoms with Crippen LogP contribution in [0.5, 0.6) is 0 Å². The lowest BCUT2D eigenvalue weighted by Gasteiger charge is -2.13. The molecule has 8 nitrogen and oxygen atoms in total. The average molecular weight is 275 g/mol. The summed E-state index contributed by atoms with van der Waals surface area (Å²) in [6, 6.07) is 7.94. The first kappa shape index (κ1) is 13.5. The number of hydrogen-bond acceptors (Lipinski definition) is 5. The van der Waals surface area contributed by atoms with Gasteiger partial charge in [0.05, 0.1) is 0 Å². The summed E-state index contributed by atoms with van der Waals surface area (Å²) in [5.74, 6) is -2.00. The second kappa shape index (κ2) is 5.83. The van der Waals surface area contributed by atoms with Crippen molar-refractivity contribution in [3.05, 3.63) is 41.7 Å². The largest absolute Gasteiger partial charge is 0.480 e. The van der Waals surface area contributed by atoms with Crippen molar-refractivity contribution in [1.29, 1.82) is 0 Å². The zero-order valence-electron chi connectivity index (χ0n) is 10.4. The molecule has 2 aromatic rings. The molecule has 0 fully saturated rings. The number of aromatic amines is 1. The number of benzene rings is 1. The van der Waals surface area contributed by atoms with Gasteiger partial charge in [0.1, 0.15) is 6.04 Å². The van der Waals surface area contributed by atoms with E-state index in [1.54, 1.807) is 24.3 Å². The molecule has 1 aromatic heterocycles. The third kappa shape index (κ3) is 3.31. The van der Waals surface area contributed by atoms with E-state index >= 15 is 0 Å². The van der Waals surface area contributed by atoms with Gasteiger partial charge in [-0.3, -0.25) is 9.89 Å². The summed E-state index contributed by atoms with van der Waals surface area (Å²) in [6.07, 6.45) is 0.172. The highest BCUT2D eigenvalue weighted by Crippen LogP contribution is 2.04. The van der Waals surface area contributed by atoms with Crippen LogP contribution in [0.3, 0.4) is 0 Å². The zero-order chi connectivity index (χ0) is 14.5. The van der Waals surface area contributed by atoms with E-state index in [0.717, 1.165) is 5.56 Å². The van der Waals surface area contributed by atoms with Crippen LogP contribution >= 0.6 is 0 Å². The predicted molar refractivity (Wildman–Crippen MR) is 69.8 cm³/mol. The van der Waals surface area contributed by atoms with E-state index in [1.165, 1.54) is 0 Å². The van der Waals surface area contributed by atoms with Gasteiger partial charge in [-0.2, -0.15) is 4.98 Å². The number of nitrogen functional groups attached to an aromatic ring is 1. The van der Waals surface area contributed by atoms with Crippen molar-refractivity contribution >= 4 is 17.8 Å². The van der Waals surface area contributed by atoms with E-state index in [-0.39, 0.29) is 18.2 Å². The lowest BCUT2D eigenvalue weighted by atomic mass is 10.1. The highest BCUT2D eigenvalue weighted by Gasteiger charge is 2.22. The Morgan fingerprint density at radius 2 is 2.05 bits per heavy atom. The summed E-state index contributed by atoms with van der Waals surface area (Å²) in [7, 11) is 0. The van der Waals surface area contributed by atoms with Gasteiger partial charge in [0.15, 0.2) is 0 Å². The molecule has 104 valence electrons. The average Bonchev–Trinajstić information content (AvgIpc) is 2.86. The van der Waals surface area contributed by atoms with Gasteiger partial charge in [-0.15, -0.1) is 5.10 Å². The first-order valence-corrected chi connectivity index (χ1v) is 5.81. The monoisotopic (exact) mass is 275 g/mol. The molecule has 0 radical (unpaired) electrons. The number of hydrogen-bond donors (Lipinski definition) is 4. The van der Waals surface area contributed by atoms with Gasteiger partial charge >= 0.3 is 5.97 Å². The smallest absolute Gasteiger partial charge is 0.326 e. The van der Waals surface area contributed by atoms with Crippen LogP contribution in [0.15, 0.2) is 30.3 Å². The van der Waals surface area contributed by atoms with Crippen LogP contribution in [0.25, 0.3) is 0 Å². The molecular weight excluding hydrogens is 262 g/mol. The van der Waals surface area contributed by atoms with Crippen LogP contribution in [0, 0.1) is 0 Å². The van der Waals surface area contributed by atoms with Crippen molar-refractivity contribution in [2.75, 3.05) is 5.73 Å². The van der Waals surface area contributed by atoms with E-state index in [9.17, 15) is 9.59 Å². The number of nitrogens with two attached hydrogens (primary N) is 1. The van der Waals surface area contributed by atoms with Crippen molar-refractivity contribution in [1.82, 2.24) is 20.5 Å². The normalized spacial score (nSPS) is 11.8. The van der Waals surface area contributed by atoms with E-state index in [4.69, 9.17) is 10.8 Å². The quantitative estimate of drug-likeness (QED) is 0.597. The van der Waals surface area contributed by atoms with Crippen molar-refractivity contribution in [3.63, 3.8) is 0 Å². The minimum atomic E-state index is -1.13. The summed E-state index contributed by atoms with van der Waals surface area (Å²) < 4.78 is 0. The molecule has 0 saturated heterocycles. The summed E-state index contributed by atoms with van der Waals surface area (Å²) in [6.45, 7) is 0. The standard InChI is InChI=1S/C12H13N5O3/c13-12-15-9(16-17-12)10(18)14-8(11(19)20)6-7-4-2-1-3-5-7/h1-5,8H,6H2,(H,14,18)(H,19,20)(H3,13,15,16,17)/t8-/m0/s1. The summed E-state index contributed by atoms with van der Waals surface area (Å²) in [5, 5.41) is 17.3. The fourth-order valence-corrected chi connectivity index (χ4v) is 1.65. The molecule has 8 heteroatoms. The number of anilines is 1. The molecule has 0 aliphatic carbocycles. The van der Waals surface area contributed by atoms with Gasteiger partial charge in [-0.05, 0) is 5.56 Å². The Balaban J connectivity index is 2.06. The van der Waals surface area contributed by atoms with Crippen molar-refractivity contribution < 1.29 is 14.7 Å². The maximum Gasteiger partial charge on any atom is 0.326 e. The highest BCUT2D eigenvalue weighted by atomic mass is 16.4. The molecule has 1 atom stereocenters. The Morgan fingerprint density at radius 3 is 2.60 bits per heavy atom. The highest BCUT2D eigenvalue weighted by molar-refractivity contribution is 5.93. The van der Waals surface area contributed by atoms with E-state index in [2.05, 4.69) is 20.5 Å². The number of rotatable bonds is 5. The molecule has 1 amide bonds. The van der Waals surface area contributed by atoms with E-state index in [0.29, 0.717) is 0 Å². The molecule has 0 saturated carbocycles. The summed E-state index contributed by atoms with van der Waals surface area (Å²) in [5.41, 5.74) is 6.08. The fourth-order valence-electron chi connectivity index (χ4n) is 1.65. The SMILES string of the molecule is Nc1n[nH]c(C(=O)N[C@@H](Cc2ccccc2)C(=O)O)n1. The maximum atomic E-state index is 11.8. The molecular formula is C12H13N5O3. The molecule has 0 aliphatic rings. The van der Waals surface area contributed by atoms with Crippen LogP contribution in [0.2, 0.25) is 0 Å². The fraction of sp³-hybridized carbons (Fsp3) is 0.167. The minimum absolute atomic E-state index is 0.0786. The summed E-state index contributed by atoms with van der Waals surface area (Å²) in [4.78, 5) is 26.6.